The number of carbonyl (C=O) groups is 2. The summed E-state index contributed by atoms with van der Waals surface area (Å²) >= 11 is 5.99. The molecule has 1 heterocycles. The summed E-state index contributed by atoms with van der Waals surface area (Å²) in [6.45, 7) is 10.8. The molecule has 0 N–H and O–H groups in total. The maximum atomic E-state index is 10.5. The van der Waals surface area contributed by atoms with Crippen LogP contribution in [-0.4, -0.2) is 42.5 Å². The van der Waals surface area contributed by atoms with Gasteiger partial charge in [0.1, 0.15) is 6.61 Å². The fraction of sp³-hybridized carbons (Fsp3) is 0.346. The van der Waals surface area contributed by atoms with Crippen LogP contribution >= 0.6 is 11.6 Å². The van der Waals surface area contributed by atoms with Gasteiger partial charge in [-0.15, -0.1) is 0 Å². The van der Waals surface area contributed by atoms with Crippen LogP contribution in [0.15, 0.2) is 48.7 Å². The van der Waals surface area contributed by atoms with E-state index >= 15 is 0 Å². The number of hydrogen-bond acceptors (Lipinski definition) is 4. The third-order valence-electron chi connectivity index (χ3n) is 4.82. The lowest BCUT2D eigenvalue weighted by Crippen LogP contribution is -2.27. The molecule has 0 aliphatic carbocycles. The number of benzene rings is 2. The number of halogens is 1. The third-order valence-corrected chi connectivity index (χ3v) is 5.36. The maximum Gasteiger partial charge on any atom is 0.293 e. The Morgan fingerprint density at radius 1 is 1.12 bits per heavy atom. The van der Waals surface area contributed by atoms with Crippen LogP contribution in [0, 0.1) is 20.8 Å². The van der Waals surface area contributed by atoms with Crippen LogP contribution in [0.5, 0.6) is 0 Å². The number of hydrogen-bond donors (Lipinski definition) is 0. The zero-order valence-corrected chi connectivity index (χ0v) is 20.6. The number of rotatable bonds is 5. The molecule has 6 heteroatoms. The predicted molar refractivity (Wildman–Crippen MR) is 132 cm³/mol. The number of nitrogens with zero attached hydrogens (tertiary/aromatic N) is 2. The first kappa shape index (κ1) is 27.1. The van der Waals surface area contributed by atoms with Crippen LogP contribution in [0.2, 0.25) is 5.02 Å². The molecule has 0 saturated heterocycles. The second-order valence-corrected chi connectivity index (χ2v) is 7.86. The van der Waals surface area contributed by atoms with Gasteiger partial charge in [-0.05, 0) is 55.8 Å². The van der Waals surface area contributed by atoms with Gasteiger partial charge in [-0.3, -0.25) is 14.6 Å². The van der Waals surface area contributed by atoms with E-state index in [4.69, 9.17) is 11.6 Å². The monoisotopic (exact) mass is 456 g/mol. The first-order chi connectivity index (χ1) is 15.2. The molecule has 0 aliphatic rings. The highest BCUT2D eigenvalue weighted by Crippen LogP contribution is 2.20. The van der Waals surface area contributed by atoms with Gasteiger partial charge < -0.3 is 9.64 Å². The lowest BCUT2D eigenvalue weighted by Gasteiger charge is -2.12. The topological polar surface area (TPSA) is 59.5 Å². The minimum absolute atomic E-state index is 0.0329. The Morgan fingerprint density at radius 2 is 1.84 bits per heavy atom. The van der Waals surface area contributed by atoms with Gasteiger partial charge in [-0.25, -0.2) is 0 Å². The van der Waals surface area contributed by atoms with Crippen molar-refractivity contribution >= 4 is 34.8 Å². The number of fused-ring (bicyclic) bond motifs is 1. The number of pyridine rings is 1. The van der Waals surface area contributed by atoms with Crippen molar-refractivity contribution in [2.24, 2.45) is 0 Å². The van der Waals surface area contributed by atoms with Gasteiger partial charge in [0, 0.05) is 36.3 Å². The molecule has 32 heavy (non-hydrogen) atoms. The van der Waals surface area contributed by atoms with Crippen LogP contribution in [0.3, 0.4) is 0 Å². The number of likely N-dealkylation sites (N-methyl/N-ethyl adjacent to an activating group) is 1. The van der Waals surface area contributed by atoms with E-state index < -0.39 is 0 Å². The minimum Gasteiger partial charge on any atom is -0.466 e. The van der Waals surface area contributed by atoms with Crippen molar-refractivity contribution in [2.45, 2.75) is 41.0 Å². The van der Waals surface area contributed by atoms with Crippen LogP contribution in [0.4, 0.5) is 0 Å². The van der Waals surface area contributed by atoms with E-state index in [9.17, 15) is 9.59 Å². The lowest BCUT2D eigenvalue weighted by atomic mass is 10.1. The molecule has 0 saturated carbocycles. The van der Waals surface area contributed by atoms with Crippen molar-refractivity contribution in [3.8, 4) is 0 Å². The normalized spacial score (nSPS) is 9.72. The van der Waals surface area contributed by atoms with Crippen molar-refractivity contribution in [2.75, 3.05) is 20.2 Å². The van der Waals surface area contributed by atoms with E-state index in [0.717, 1.165) is 17.1 Å². The van der Waals surface area contributed by atoms with Gasteiger partial charge in [0.2, 0.25) is 5.91 Å². The molecule has 0 spiro atoms. The van der Waals surface area contributed by atoms with Crippen LogP contribution < -0.4 is 0 Å². The molecule has 1 amide bonds. The Hall–Kier alpha value is -2.92. The van der Waals surface area contributed by atoms with Crippen molar-refractivity contribution in [1.82, 2.24) is 9.88 Å². The highest BCUT2D eigenvalue weighted by atomic mass is 35.5. The second-order valence-electron chi connectivity index (χ2n) is 7.49. The Balaban J connectivity index is 0.000000242. The van der Waals surface area contributed by atoms with Gasteiger partial charge in [-0.1, -0.05) is 54.4 Å². The minimum atomic E-state index is -0.0329. The molecule has 0 radical (unpaired) electrons. The summed E-state index contributed by atoms with van der Waals surface area (Å²) in [5.74, 6) is -0.0329. The van der Waals surface area contributed by atoms with E-state index in [1.54, 1.807) is 7.05 Å². The molecule has 3 rings (SSSR count). The average molecular weight is 457 g/mol. The quantitative estimate of drug-likeness (QED) is 0.365. The molecule has 0 unspecified atom stereocenters. The highest BCUT2D eigenvalue weighted by molar-refractivity contribution is 6.32. The van der Waals surface area contributed by atoms with E-state index in [1.807, 2.05) is 32.2 Å². The van der Waals surface area contributed by atoms with Crippen molar-refractivity contribution in [3.05, 3.63) is 76.1 Å². The maximum absolute atomic E-state index is 10.5. The van der Waals surface area contributed by atoms with Crippen molar-refractivity contribution < 1.29 is 14.3 Å². The van der Waals surface area contributed by atoms with Gasteiger partial charge in [0.25, 0.3) is 6.47 Å². The molecule has 1 aromatic heterocycles. The number of aryl methyl sites for hydroxylation is 4. The van der Waals surface area contributed by atoms with Gasteiger partial charge in [-0.2, -0.15) is 0 Å². The standard InChI is InChI=1S/C11H11N.C9H11Cl.C6H11NO3/c1-8-3-4-10-6-9(2)12-7-11(10)5-8;1-3-8-6-4-5-7(2)9(8)10;1-6(9)7(2)3-4-10-5-8/h3-7H,1-2H3;4-6H,3H2,1-2H3;5H,3-4H2,1-2H3. The first-order valence-electron chi connectivity index (χ1n) is 10.5. The Bertz CT molecular complexity index is 980. The van der Waals surface area contributed by atoms with E-state index in [-0.39, 0.29) is 12.5 Å². The molecule has 0 fully saturated rings. The predicted octanol–water partition coefficient (Wildman–Crippen LogP) is 5.70. The number of aromatic nitrogens is 1. The van der Waals surface area contributed by atoms with Gasteiger partial charge in [0.15, 0.2) is 0 Å². The molecule has 0 bridgehead atoms. The molecule has 3 aromatic rings. The molecule has 5 nitrogen and oxygen atoms in total. The summed E-state index contributed by atoms with van der Waals surface area (Å²) in [4.78, 5) is 25.9. The fourth-order valence-electron chi connectivity index (χ4n) is 2.75. The Kier molecular flexibility index (Phi) is 12.0. The number of amides is 1. The smallest absolute Gasteiger partial charge is 0.293 e. The highest BCUT2D eigenvalue weighted by Gasteiger charge is 2.00. The summed E-state index contributed by atoms with van der Waals surface area (Å²) in [6, 6.07) is 14.7. The average Bonchev–Trinajstić information content (AvgIpc) is 2.77. The largest absolute Gasteiger partial charge is 0.466 e. The first-order valence-corrected chi connectivity index (χ1v) is 10.9. The van der Waals surface area contributed by atoms with Crippen LogP contribution in [0.1, 0.15) is 36.2 Å². The second kappa shape index (κ2) is 14.2. The lowest BCUT2D eigenvalue weighted by molar-refractivity contribution is -0.133. The third kappa shape index (κ3) is 9.48. The van der Waals surface area contributed by atoms with E-state index in [1.165, 1.54) is 39.3 Å². The zero-order chi connectivity index (χ0) is 24.1. The molecule has 0 aliphatic heterocycles. The number of ether oxygens (including phenoxy) is 1. The fourth-order valence-corrected chi connectivity index (χ4v) is 3.01. The van der Waals surface area contributed by atoms with Gasteiger partial charge >= 0.3 is 0 Å². The number of carbonyl (C=O) groups excluding carboxylic acids is 2. The van der Waals surface area contributed by atoms with Crippen molar-refractivity contribution in [1.29, 1.82) is 0 Å². The van der Waals surface area contributed by atoms with Crippen LogP contribution in [0.25, 0.3) is 10.8 Å². The summed E-state index contributed by atoms with van der Waals surface area (Å²) in [5.41, 5.74) is 4.77. The Morgan fingerprint density at radius 3 is 2.44 bits per heavy atom. The summed E-state index contributed by atoms with van der Waals surface area (Å²) in [6.07, 6.45) is 2.94. The molecule has 2 aromatic carbocycles. The van der Waals surface area contributed by atoms with E-state index in [2.05, 4.69) is 53.9 Å². The van der Waals surface area contributed by atoms with Gasteiger partial charge in [0.05, 0.1) is 6.54 Å². The summed E-state index contributed by atoms with van der Waals surface area (Å²) in [7, 11) is 1.65. The van der Waals surface area contributed by atoms with Crippen LogP contribution in [-0.2, 0) is 20.7 Å². The SMILES string of the molecule is CC(=O)N(C)CCOC=O.CCc1cccc(C)c1Cl.Cc1ccc2cc(C)ncc2c1. The zero-order valence-electron chi connectivity index (χ0n) is 19.8. The summed E-state index contributed by atoms with van der Waals surface area (Å²) in [5, 5.41) is 3.42. The molecular formula is C26H33ClN2O3. The molecule has 0 atom stereocenters. The Labute approximate surface area is 196 Å². The van der Waals surface area contributed by atoms with Crippen molar-refractivity contribution in [3.63, 3.8) is 0 Å². The summed E-state index contributed by atoms with van der Waals surface area (Å²) < 4.78 is 4.38. The molecular weight excluding hydrogens is 424 g/mol. The van der Waals surface area contributed by atoms with E-state index in [0.29, 0.717) is 13.0 Å². The molecule has 172 valence electrons.